The molecule has 7 heteroatoms. The molecule has 0 spiro atoms. The summed E-state index contributed by atoms with van der Waals surface area (Å²) in [6.07, 6.45) is 1.63. The molecule has 0 unspecified atom stereocenters. The van der Waals surface area contributed by atoms with Crippen molar-refractivity contribution in [1.82, 2.24) is 4.90 Å². The second kappa shape index (κ2) is 8.31. The molecule has 1 aliphatic rings. The standard InChI is InChI=1S/C18H16BrN3O2S/c1-24-16-8-7-15(19)9-14(16)10-20-21-18-22(17(23)12-25-18)11-13-5-3-2-4-6-13/h2-10H,11-12H2,1H3/b20-10+,21-18-. The van der Waals surface area contributed by atoms with E-state index in [1.807, 2.05) is 48.5 Å². The third-order valence-electron chi connectivity index (χ3n) is 3.57. The quantitative estimate of drug-likeness (QED) is 0.546. The maximum absolute atomic E-state index is 12.1. The van der Waals surface area contributed by atoms with Crippen LogP contribution in [0.15, 0.2) is 63.2 Å². The van der Waals surface area contributed by atoms with Crippen LogP contribution < -0.4 is 4.74 Å². The van der Waals surface area contributed by atoms with E-state index in [-0.39, 0.29) is 5.91 Å². The highest BCUT2D eigenvalue weighted by Gasteiger charge is 2.28. The number of hydrogen-bond acceptors (Lipinski definition) is 5. The number of ether oxygens (including phenoxy) is 1. The van der Waals surface area contributed by atoms with E-state index in [0.717, 1.165) is 15.6 Å². The summed E-state index contributed by atoms with van der Waals surface area (Å²) in [7, 11) is 1.61. The molecule has 0 aliphatic carbocycles. The van der Waals surface area contributed by atoms with Crippen LogP contribution in [0.3, 0.4) is 0 Å². The van der Waals surface area contributed by atoms with Gasteiger partial charge in [0.2, 0.25) is 5.91 Å². The summed E-state index contributed by atoms with van der Waals surface area (Å²) < 4.78 is 6.24. The maximum atomic E-state index is 12.1. The van der Waals surface area contributed by atoms with Crippen LogP contribution in [0.5, 0.6) is 5.75 Å². The summed E-state index contributed by atoms with van der Waals surface area (Å²) in [5.74, 6) is 1.15. The molecule has 3 rings (SSSR count). The highest BCUT2D eigenvalue weighted by Crippen LogP contribution is 2.23. The summed E-state index contributed by atoms with van der Waals surface area (Å²) in [4.78, 5) is 13.8. The molecule has 1 saturated heterocycles. The zero-order valence-corrected chi connectivity index (χ0v) is 16.0. The van der Waals surface area contributed by atoms with Gasteiger partial charge in [0, 0.05) is 10.0 Å². The van der Waals surface area contributed by atoms with Crippen LogP contribution in [0, 0.1) is 0 Å². The van der Waals surface area contributed by atoms with Crippen molar-refractivity contribution in [2.45, 2.75) is 6.54 Å². The van der Waals surface area contributed by atoms with E-state index in [0.29, 0.717) is 23.2 Å². The fourth-order valence-electron chi connectivity index (χ4n) is 2.34. The van der Waals surface area contributed by atoms with Crippen molar-refractivity contribution in [3.63, 3.8) is 0 Å². The summed E-state index contributed by atoms with van der Waals surface area (Å²) in [5.41, 5.74) is 1.87. The first-order chi connectivity index (χ1) is 12.2. The number of amidine groups is 1. The highest BCUT2D eigenvalue weighted by molar-refractivity contribution is 9.10. The van der Waals surface area contributed by atoms with Gasteiger partial charge in [0.25, 0.3) is 0 Å². The average molecular weight is 418 g/mol. The van der Waals surface area contributed by atoms with Crippen molar-refractivity contribution in [1.29, 1.82) is 0 Å². The number of rotatable bonds is 5. The number of methoxy groups -OCH3 is 1. The molecule has 5 nitrogen and oxygen atoms in total. The lowest BCUT2D eigenvalue weighted by Crippen LogP contribution is -2.28. The van der Waals surface area contributed by atoms with Gasteiger partial charge in [0.15, 0.2) is 5.17 Å². The van der Waals surface area contributed by atoms with Crippen molar-refractivity contribution in [2.24, 2.45) is 10.2 Å². The van der Waals surface area contributed by atoms with Crippen LogP contribution >= 0.6 is 27.7 Å². The Labute approximate surface area is 158 Å². The van der Waals surface area contributed by atoms with Crippen molar-refractivity contribution in [2.75, 3.05) is 12.9 Å². The Balaban J connectivity index is 1.78. The molecule has 2 aromatic carbocycles. The topological polar surface area (TPSA) is 54.3 Å². The van der Waals surface area contributed by atoms with Crippen LogP contribution in [-0.2, 0) is 11.3 Å². The Bertz CT molecular complexity index is 824. The molecule has 0 radical (unpaired) electrons. The van der Waals surface area contributed by atoms with Crippen LogP contribution in [0.2, 0.25) is 0 Å². The van der Waals surface area contributed by atoms with Gasteiger partial charge in [-0.05, 0) is 23.8 Å². The molecule has 128 valence electrons. The predicted molar refractivity (Wildman–Crippen MR) is 105 cm³/mol. The number of carbonyl (C=O) groups excluding carboxylic acids is 1. The van der Waals surface area contributed by atoms with Gasteiger partial charge in [-0.25, -0.2) is 0 Å². The molecule has 1 heterocycles. The Morgan fingerprint density at radius 1 is 1.28 bits per heavy atom. The van der Waals surface area contributed by atoms with Gasteiger partial charge >= 0.3 is 0 Å². The van der Waals surface area contributed by atoms with Gasteiger partial charge in [-0.3, -0.25) is 9.69 Å². The zero-order valence-electron chi connectivity index (χ0n) is 13.6. The lowest BCUT2D eigenvalue weighted by molar-refractivity contribution is -0.124. The third kappa shape index (κ3) is 4.49. The van der Waals surface area contributed by atoms with Crippen LogP contribution in [-0.4, -0.2) is 35.1 Å². The fourth-order valence-corrected chi connectivity index (χ4v) is 3.55. The number of hydrogen-bond donors (Lipinski definition) is 0. The molecule has 1 aliphatic heterocycles. The third-order valence-corrected chi connectivity index (χ3v) is 5.02. The normalized spacial score (nSPS) is 16.2. The molecule has 1 amide bonds. The van der Waals surface area contributed by atoms with Crippen molar-refractivity contribution in [3.8, 4) is 5.75 Å². The van der Waals surface area contributed by atoms with Crippen molar-refractivity contribution >= 4 is 45.0 Å². The molecule has 0 atom stereocenters. The van der Waals surface area contributed by atoms with Crippen molar-refractivity contribution < 1.29 is 9.53 Å². The van der Waals surface area contributed by atoms with Gasteiger partial charge in [-0.15, -0.1) is 5.10 Å². The molecule has 0 bridgehead atoms. The van der Waals surface area contributed by atoms with E-state index in [2.05, 4.69) is 26.1 Å². The number of amides is 1. The van der Waals surface area contributed by atoms with Crippen LogP contribution in [0.1, 0.15) is 11.1 Å². The van der Waals surface area contributed by atoms with Crippen LogP contribution in [0.4, 0.5) is 0 Å². The smallest absolute Gasteiger partial charge is 0.239 e. The Kier molecular flexibility index (Phi) is 5.88. The lowest BCUT2D eigenvalue weighted by atomic mass is 10.2. The minimum absolute atomic E-state index is 0.0443. The maximum Gasteiger partial charge on any atom is 0.239 e. The SMILES string of the molecule is COc1ccc(Br)cc1/C=N/N=C1\SCC(=O)N1Cc1ccccc1. The molecule has 25 heavy (non-hydrogen) atoms. The van der Waals surface area contributed by atoms with Gasteiger partial charge in [-0.2, -0.15) is 5.10 Å². The van der Waals surface area contributed by atoms with E-state index in [1.165, 1.54) is 11.8 Å². The van der Waals surface area contributed by atoms with Gasteiger partial charge in [0.1, 0.15) is 5.75 Å². The number of nitrogens with zero attached hydrogens (tertiary/aromatic N) is 3. The number of halogens is 1. The molecule has 1 fully saturated rings. The van der Waals surface area contributed by atoms with E-state index in [1.54, 1.807) is 18.2 Å². The summed E-state index contributed by atoms with van der Waals surface area (Å²) in [6.45, 7) is 0.501. The second-order valence-corrected chi connectivity index (χ2v) is 7.13. The highest BCUT2D eigenvalue weighted by atomic mass is 79.9. The minimum atomic E-state index is 0.0443. The van der Waals surface area contributed by atoms with Gasteiger partial charge < -0.3 is 4.74 Å². The summed E-state index contributed by atoms with van der Waals surface area (Å²) in [6, 6.07) is 15.5. The van der Waals surface area contributed by atoms with Crippen LogP contribution in [0.25, 0.3) is 0 Å². The summed E-state index contributed by atoms with van der Waals surface area (Å²) in [5, 5.41) is 8.99. The van der Waals surface area contributed by atoms with E-state index in [4.69, 9.17) is 4.74 Å². The number of thioether (sulfide) groups is 1. The fraction of sp³-hybridized carbons (Fsp3) is 0.167. The second-order valence-electron chi connectivity index (χ2n) is 5.27. The lowest BCUT2D eigenvalue weighted by Gasteiger charge is -2.14. The first-order valence-electron chi connectivity index (χ1n) is 7.59. The Hall–Kier alpha value is -2.12. The average Bonchev–Trinajstić information content (AvgIpc) is 2.96. The largest absolute Gasteiger partial charge is 0.496 e. The summed E-state index contributed by atoms with van der Waals surface area (Å²) >= 11 is 4.83. The molecular formula is C18H16BrN3O2S. The Morgan fingerprint density at radius 2 is 2.08 bits per heavy atom. The molecular weight excluding hydrogens is 402 g/mol. The Morgan fingerprint density at radius 3 is 2.84 bits per heavy atom. The first kappa shape index (κ1) is 17.7. The molecule has 2 aromatic rings. The number of carbonyl (C=O) groups is 1. The van der Waals surface area contributed by atoms with Crippen molar-refractivity contribution in [3.05, 3.63) is 64.1 Å². The monoisotopic (exact) mass is 417 g/mol. The molecule has 0 N–H and O–H groups in total. The molecule has 0 aromatic heterocycles. The zero-order chi connectivity index (χ0) is 17.6. The first-order valence-corrected chi connectivity index (χ1v) is 9.37. The van der Waals surface area contributed by atoms with E-state index in [9.17, 15) is 4.79 Å². The van der Waals surface area contributed by atoms with Gasteiger partial charge in [0.05, 0.1) is 25.6 Å². The number of benzene rings is 2. The van der Waals surface area contributed by atoms with E-state index < -0.39 is 0 Å². The minimum Gasteiger partial charge on any atom is -0.496 e. The molecule has 0 saturated carbocycles. The predicted octanol–water partition coefficient (Wildman–Crippen LogP) is 3.92. The van der Waals surface area contributed by atoms with E-state index >= 15 is 0 Å². The van der Waals surface area contributed by atoms with Gasteiger partial charge in [-0.1, -0.05) is 58.0 Å².